The van der Waals surface area contributed by atoms with E-state index in [1.165, 1.54) is 24.8 Å². The molecule has 0 heterocycles. The Labute approximate surface area is 196 Å². The van der Waals surface area contributed by atoms with Gasteiger partial charge in [0.2, 0.25) is 5.91 Å². The summed E-state index contributed by atoms with van der Waals surface area (Å²) in [6.45, 7) is 5.44. The van der Waals surface area contributed by atoms with Crippen LogP contribution in [0, 0.1) is 6.92 Å². The molecule has 3 aromatic rings. The van der Waals surface area contributed by atoms with Gasteiger partial charge in [-0.05, 0) is 61.2 Å². The third-order valence-corrected chi connectivity index (χ3v) is 7.26. The van der Waals surface area contributed by atoms with Crippen molar-refractivity contribution in [3.05, 3.63) is 89.5 Å². The van der Waals surface area contributed by atoms with Crippen LogP contribution in [0.15, 0.2) is 77.7 Å². The second-order valence-electron chi connectivity index (χ2n) is 7.88. The Hall–Kier alpha value is -3.32. The van der Waals surface area contributed by atoms with Gasteiger partial charge >= 0.3 is 0 Å². The van der Waals surface area contributed by atoms with Gasteiger partial charge in [-0.3, -0.25) is 9.10 Å². The summed E-state index contributed by atoms with van der Waals surface area (Å²) >= 11 is 0. The predicted molar refractivity (Wildman–Crippen MR) is 131 cm³/mol. The van der Waals surface area contributed by atoms with E-state index in [-0.39, 0.29) is 17.5 Å². The molecule has 0 saturated heterocycles. The summed E-state index contributed by atoms with van der Waals surface area (Å²) in [7, 11) is -2.54. The second kappa shape index (κ2) is 10.5. The van der Waals surface area contributed by atoms with Gasteiger partial charge in [0.15, 0.2) is 0 Å². The molecular formula is C26H30N2O4S. The van der Waals surface area contributed by atoms with Crippen molar-refractivity contribution >= 4 is 21.6 Å². The van der Waals surface area contributed by atoms with Crippen LogP contribution in [0.5, 0.6) is 5.75 Å². The Bertz CT molecular complexity index is 1190. The highest BCUT2D eigenvalue weighted by Crippen LogP contribution is 2.33. The van der Waals surface area contributed by atoms with Gasteiger partial charge in [0.1, 0.15) is 12.3 Å². The summed E-state index contributed by atoms with van der Waals surface area (Å²) in [5.41, 5.74) is 3.33. The van der Waals surface area contributed by atoms with Crippen LogP contribution in [-0.2, 0) is 21.2 Å². The van der Waals surface area contributed by atoms with Gasteiger partial charge < -0.3 is 10.1 Å². The van der Waals surface area contributed by atoms with E-state index in [4.69, 9.17) is 4.74 Å². The van der Waals surface area contributed by atoms with Gasteiger partial charge in [0.25, 0.3) is 10.0 Å². The first-order chi connectivity index (χ1) is 15.8. The number of hydrogen-bond donors (Lipinski definition) is 1. The lowest BCUT2D eigenvalue weighted by Crippen LogP contribution is -2.41. The predicted octanol–water partition coefficient (Wildman–Crippen LogP) is 4.64. The number of ether oxygens (including phenoxy) is 1. The Morgan fingerprint density at radius 3 is 2.30 bits per heavy atom. The number of benzene rings is 3. The highest BCUT2D eigenvalue weighted by molar-refractivity contribution is 7.92. The molecule has 0 bridgehead atoms. The molecule has 0 aliphatic rings. The fraction of sp³-hybridized carbons (Fsp3) is 0.269. The van der Waals surface area contributed by atoms with Crippen molar-refractivity contribution in [2.24, 2.45) is 0 Å². The van der Waals surface area contributed by atoms with E-state index < -0.39 is 15.9 Å². The molecule has 0 fully saturated rings. The lowest BCUT2D eigenvalue weighted by Gasteiger charge is -2.27. The molecule has 0 aliphatic heterocycles. The van der Waals surface area contributed by atoms with E-state index in [1.54, 1.807) is 30.3 Å². The monoisotopic (exact) mass is 466 g/mol. The molecule has 1 N–H and O–H groups in total. The first-order valence-electron chi connectivity index (χ1n) is 10.9. The maximum Gasteiger partial charge on any atom is 0.264 e. The van der Waals surface area contributed by atoms with Crippen LogP contribution < -0.4 is 14.4 Å². The number of rotatable bonds is 9. The van der Waals surface area contributed by atoms with Crippen LogP contribution in [0.3, 0.4) is 0 Å². The van der Waals surface area contributed by atoms with E-state index in [2.05, 4.69) is 12.2 Å². The Morgan fingerprint density at radius 2 is 1.70 bits per heavy atom. The lowest BCUT2D eigenvalue weighted by molar-refractivity contribution is -0.120. The normalized spacial score (nSPS) is 12.1. The minimum absolute atomic E-state index is 0.101. The van der Waals surface area contributed by atoms with Crippen molar-refractivity contribution in [1.82, 2.24) is 5.32 Å². The number of carbonyl (C=O) groups excluding carboxylic acids is 1. The molecule has 7 heteroatoms. The second-order valence-corrected chi connectivity index (χ2v) is 9.75. The fourth-order valence-electron chi connectivity index (χ4n) is 3.56. The zero-order chi connectivity index (χ0) is 24.0. The minimum atomic E-state index is -4.02. The fourth-order valence-corrected chi connectivity index (χ4v) is 5.00. The number of carbonyl (C=O) groups is 1. The molecule has 3 aromatic carbocycles. The molecule has 1 atom stereocenters. The van der Waals surface area contributed by atoms with Crippen LogP contribution in [-0.4, -0.2) is 28.0 Å². The zero-order valence-corrected chi connectivity index (χ0v) is 20.2. The van der Waals surface area contributed by atoms with E-state index in [0.717, 1.165) is 21.9 Å². The molecule has 33 heavy (non-hydrogen) atoms. The summed E-state index contributed by atoms with van der Waals surface area (Å²) in [6, 6.07) is 21.1. The summed E-state index contributed by atoms with van der Waals surface area (Å²) in [4.78, 5) is 13.1. The molecule has 0 aliphatic carbocycles. The highest BCUT2D eigenvalue weighted by Gasteiger charge is 2.30. The third kappa shape index (κ3) is 5.73. The summed E-state index contributed by atoms with van der Waals surface area (Å²) in [5.74, 6) is -0.0405. The van der Waals surface area contributed by atoms with Gasteiger partial charge in [-0.1, -0.05) is 55.5 Å². The van der Waals surface area contributed by atoms with Crippen LogP contribution in [0.25, 0.3) is 0 Å². The van der Waals surface area contributed by atoms with E-state index in [0.29, 0.717) is 11.4 Å². The molecule has 0 radical (unpaired) electrons. The van der Waals surface area contributed by atoms with Crippen LogP contribution in [0.4, 0.5) is 5.69 Å². The van der Waals surface area contributed by atoms with Crippen molar-refractivity contribution in [1.29, 1.82) is 0 Å². The smallest absolute Gasteiger partial charge is 0.264 e. The number of nitrogens with zero attached hydrogens (tertiary/aromatic N) is 1. The van der Waals surface area contributed by atoms with E-state index >= 15 is 0 Å². The number of nitrogens with one attached hydrogen (secondary N) is 1. The number of hydrogen-bond acceptors (Lipinski definition) is 4. The summed E-state index contributed by atoms with van der Waals surface area (Å²) in [5, 5.41) is 2.92. The highest BCUT2D eigenvalue weighted by atomic mass is 32.2. The van der Waals surface area contributed by atoms with Crippen molar-refractivity contribution in [2.45, 2.75) is 38.1 Å². The molecule has 0 aromatic heterocycles. The Kier molecular flexibility index (Phi) is 7.76. The average molecular weight is 467 g/mol. The largest absolute Gasteiger partial charge is 0.495 e. The first-order valence-corrected chi connectivity index (χ1v) is 12.3. The van der Waals surface area contributed by atoms with Gasteiger partial charge in [0, 0.05) is 0 Å². The summed E-state index contributed by atoms with van der Waals surface area (Å²) < 4.78 is 33.7. The van der Waals surface area contributed by atoms with Crippen LogP contribution in [0.2, 0.25) is 0 Å². The van der Waals surface area contributed by atoms with Gasteiger partial charge in [-0.2, -0.15) is 0 Å². The SMILES string of the molecule is CCc1ccc([C@@H](C)NC(=O)CN(c2cc(C)ccc2OC)S(=O)(=O)c2ccccc2)cc1. The van der Waals surface area contributed by atoms with E-state index in [1.807, 2.05) is 44.2 Å². The number of methoxy groups -OCH3 is 1. The Morgan fingerprint density at radius 1 is 1.03 bits per heavy atom. The molecule has 3 rings (SSSR count). The molecule has 0 unspecified atom stereocenters. The van der Waals surface area contributed by atoms with Crippen LogP contribution >= 0.6 is 0 Å². The van der Waals surface area contributed by atoms with Gasteiger partial charge in [0.05, 0.1) is 23.7 Å². The number of anilines is 1. The maximum atomic E-state index is 13.6. The molecule has 0 saturated carbocycles. The molecule has 174 valence electrons. The van der Waals surface area contributed by atoms with E-state index in [9.17, 15) is 13.2 Å². The van der Waals surface area contributed by atoms with Gasteiger partial charge in [-0.25, -0.2) is 8.42 Å². The van der Waals surface area contributed by atoms with Gasteiger partial charge in [-0.15, -0.1) is 0 Å². The summed E-state index contributed by atoms with van der Waals surface area (Å²) in [6.07, 6.45) is 0.936. The zero-order valence-electron chi connectivity index (χ0n) is 19.4. The van der Waals surface area contributed by atoms with Crippen LogP contribution in [0.1, 0.15) is 36.6 Å². The molecule has 1 amide bonds. The van der Waals surface area contributed by atoms with Crippen molar-refractivity contribution in [3.63, 3.8) is 0 Å². The lowest BCUT2D eigenvalue weighted by atomic mass is 10.1. The average Bonchev–Trinajstić information content (AvgIpc) is 2.83. The van der Waals surface area contributed by atoms with Crippen molar-refractivity contribution in [3.8, 4) is 5.75 Å². The standard InChI is InChI=1S/C26H30N2O4S/c1-5-21-12-14-22(15-13-21)20(3)27-26(29)18-28(24-17-19(2)11-16-25(24)32-4)33(30,31)23-9-7-6-8-10-23/h6-17,20H,5,18H2,1-4H3,(H,27,29)/t20-/m1/s1. The number of sulfonamides is 1. The third-order valence-electron chi connectivity index (χ3n) is 5.49. The first kappa shape index (κ1) is 24.3. The molecular weight excluding hydrogens is 436 g/mol. The minimum Gasteiger partial charge on any atom is -0.495 e. The molecule has 6 nitrogen and oxygen atoms in total. The number of aryl methyl sites for hydroxylation is 2. The van der Waals surface area contributed by atoms with Crippen molar-refractivity contribution in [2.75, 3.05) is 18.0 Å². The topological polar surface area (TPSA) is 75.7 Å². The quantitative estimate of drug-likeness (QED) is 0.499. The number of amides is 1. The maximum absolute atomic E-state index is 13.6. The van der Waals surface area contributed by atoms with Crippen molar-refractivity contribution < 1.29 is 17.9 Å². The molecule has 0 spiro atoms. The Balaban J connectivity index is 1.93.